The van der Waals surface area contributed by atoms with Crippen LogP contribution in [0.2, 0.25) is 0 Å². The second-order valence-electron chi connectivity index (χ2n) is 5.99. The van der Waals surface area contributed by atoms with Crippen LogP contribution in [0.1, 0.15) is 11.6 Å². The lowest BCUT2D eigenvalue weighted by atomic mass is 10.1. The summed E-state index contributed by atoms with van der Waals surface area (Å²) in [6.07, 6.45) is 0.675. The molecule has 0 bridgehead atoms. The van der Waals surface area contributed by atoms with Gasteiger partial charge in [-0.2, -0.15) is 0 Å². The molecule has 1 aliphatic heterocycles. The molecule has 2 aromatic carbocycles. The summed E-state index contributed by atoms with van der Waals surface area (Å²) in [5.41, 5.74) is 2.43. The Morgan fingerprint density at radius 2 is 2.00 bits per heavy atom. The number of hydrogen-bond donors (Lipinski definition) is 1. The number of fused-ring (bicyclic) bond motifs is 1. The summed E-state index contributed by atoms with van der Waals surface area (Å²) >= 11 is 0. The highest BCUT2D eigenvalue weighted by Crippen LogP contribution is 2.25. The maximum absolute atomic E-state index is 12.9. The van der Waals surface area contributed by atoms with Gasteiger partial charge in [-0.1, -0.05) is 42.5 Å². The molecule has 2 heterocycles. The highest BCUT2D eigenvalue weighted by atomic mass is 16.6. The second kappa shape index (κ2) is 6.87. The number of hydrogen-bond acceptors (Lipinski definition) is 5. The van der Waals surface area contributed by atoms with Crippen LogP contribution in [-0.4, -0.2) is 40.9 Å². The summed E-state index contributed by atoms with van der Waals surface area (Å²) in [6, 6.07) is 16.3. The van der Waals surface area contributed by atoms with Gasteiger partial charge in [0.15, 0.2) is 12.1 Å². The van der Waals surface area contributed by atoms with E-state index in [2.05, 4.69) is 10.3 Å². The molecule has 0 aliphatic carbocycles. The lowest BCUT2D eigenvalue weighted by Gasteiger charge is -2.19. The number of benzene rings is 2. The molecule has 2 unspecified atom stereocenters. The van der Waals surface area contributed by atoms with E-state index in [1.807, 2.05) is 54.6 Å². The van der Waals surface area contributed by atoms with E-state index in [4.69, 9.17) is 9.47 Å². The van der Waals surface area contributed by atoms with Crippen molar-refractivity contribution in [3.05, 3.63) is 66.5 Å². The van der Waals surface area contributed by atoms with Gasteiger partial charge in [0.2, 0.25) is 0 Å². The molecule has 0 radical (unpaired) electrons. The molecule has 26 heavy (non-hydrogen) atoms. The molecule has 2 atom stereocenters. The third-order valence-electron chi connectivity index (χ3n) is 4.26. The Morgan fingerprint density at radius 1 is 1.23 bits per heavy atom. The zero-order chi connectivity index (χ0) is 17.9. The van der Waals surface area contributed by atoms with Crippen LogP contribution in [0.4, 0.5) is 4.79 Å². The van der Waals surface area contributed by atoms with E-state index in [0.29, 0.717) is 6.54 Å². The number of alkyl carbamates (subject to hydrolysis) is 1. The summed E-state index contributed by atoms with van der Waals surface area (Å²) in [7, 11) is 0. The number of cyclic esters (lactones) is 1. The predicted molar refractivity (Wildman–Crippen MR) is 93.5 cm³/mol. The largest absolute Gasteiger partial charge is 0.460 e. The minimum Gasteiger partial charge on any atom is -0.460 e. The molecule has 132 valence electrons. The third-order valence-corrected chi connectivity index (χ3v) is 4.26. The zero-order valence-electron chi connectivity index (χ0n) is 13.9. The summed E-state index contributed by atoms with van der Waals surface area (Å²) in [6.45, 7) is 0.337. The van der Waals surface area contributed by atoms with Crippen LogP contribution >= 0.6 is 0 Å². The van der Waals surface area contributed by atoms with E-state index in [-0.39, 0.29) is 6.61 Å². The molecule has 4 rings (SSSR count). The number of carbonyl (C=O) groups is 2. The molecule has 7 heteroatoms. The number of ether oxygens (including phenoxy) is 2. The number of amides is 1. The fourth-order valence-electron chi connectivity index (χ4n) is 3.01. The highest BCUT2D eigenvalue weighted by Gasteiger charge is 2.29. The monoisotopic (exact) mass is 351 g/mol. The van der Waals surface area contributed by atoms with E-state index in [9.17, 15) is 9.59 Å². The SMILES string of the molecule is O=C1NCC(COC(=O)C(c2ccccc2)n2cnc3ccccc32)O1. The molecular formula is C19H17N3O4. The number of aromatic nitrogens is 2. The van der Waals surface area contributed by atoms with Crippen molar-refractivity contribution >= 4 is 23.1 Å². The van der Waals surface area contributed by atoms with Crippen LogP contribution in [0.5, 0.6) is 0 Å². The molecule has 1 amide bonds. The van der Waals surface area contributed by atoms with Gasteiger partial charge < -0.3 is 19.4 Å². The van der Waals surface area contributed by atoms with Gasteiger partial charge in [0, 0.05) is 0 Å². The van der Waals surface area contributed by atoms with Gasteiger partial charge in [-0.25, -0.2) is 14.6 Å². The minimum atomic E-state index is -0.673. The number of para-hydroxylation sites is 2. The van der Waals surface area contributed by atoms with E-state index >= 15 is 0 Å². The Balaban J connectivity index is 1.63. The zero-order valence-corrected chi connectivity index (χ0v) is 13.9. The fraction of sp³-hybridized carbons (Fsp3) is 0.211. The van der Waals surface area contributed by atoms with Gasteiger partial charge in [0.1, 0.15) is 6.61 Å². The van der Waals surface area contributed by atoms with Crippen molar-refractivity contribution in [1.29, 1.82) is 0 Å². The lowest BCUT2D eigenvalue weighted by Crippen LogP contribution is -2.28. The van der Waals surface area contributed by atoms with E-state index in [1.54, 1.807) is 10.9 Å². The molecule has 1 fully saturated rings. The fourth-order valence-corrected chi connectivity index (χ4v) is 3.01. The molecule has 1 N–H and O–H groups in total. The Morgan fingerprint density at radius 3 is 2.77 bits per heavy atom. The average Bonchev–Trinajstić information content (AvgIpc) is 3.28. The summed E-state index contributed by atoms with van der Waals surface area (Å²) < 4.78 is 12.3. The van der Waals surface area contributed by atoms with Gasteiger partial charge in [-0.3, -0.25) is 0 Å². The molecule has 0 spiro atoms. The molecule has 3 aromatic rings. The first-order chi connectivity index (χ1) is 12.7. The van der Waals surface area contributed by atoms with Gasteiger partial charge in [0.05, 0.1) is 23.9 Å². The van der Waals surface area contributed by atoms with Crippen LogP contribution in [-0.2, 0) is 14.3 Å². The van der Waals surface area contributed by atoms with Crippen molar-refractivity contribution in [2.45, 2.75) is 12.1 Å². The molecule has 0 saturated carbocycles. The first kappa shape index (κ1) is 16.1. The quantitative estimate of drug-likeness (QED) is 0.713. The lowest BCUT2D eigenvalue weighted by molar-refractivity contribution is -0.148. The van der Waals surface area contributed by atoms with Crippen molar-refractivity contribution in [2.24, 2.45) is 0 Å². The molecule has 1 aliphatic rings. The number of nitrogens with zero attached hydrogens (tertiary/aromatic N) is 2. The Hall–Kier alpha value is -3.35. The third kappa shape index (κ3) is 3.11. The Kier molecular flexibility index (Phi) is 4.27. The smallest absolute Gasteiger partial charge is 0.407 e. The van der Waals surface area contributed by atoms with Crippen LogP contribution in [0.3, 0.4) is 0 Å². The van der Waals surface area contributed by atoms with Gasteiger partial charge in [0.25, 0.3) is 0 Å². The van der Waals surface area contributed by atoms with Crippen LogP contribution in [0.15, 0.2) is 60.9 Å². The Bertz CT molecular complexity index is 938. The van der Waals surface area contributed by atoms with Gasteiger partial charge in [-0.05, 0) is 17.7 Å². The molecular weight excluding hydrogens is 334 g/mol. The van der Waals surface area contributed by atoms with Crippen molar-refractivity contribution in [2.75, 3.05) is 13.2 Å². The van der Waals surface area contributed by atoms with Gasteiger partial charge >= 0.3 is 12.1 Å². The highest BCUT2D eigenvalue weighted by molar-refractivity contribution is 5.83. The summed E-state index contributed by atoms with van der Waals surface area (Å²) in [5, 5.41) is 2.54. The van der Waals surface area contributed by atoms with Crippen molar-refractivity contribution in [1.82, 2.24) is 14.9 Å². The molecule has 1 aromatic heterocycles. The number of nitrogens with one attached hydrogen (secondary N) is 1. The van der Waals surface area contributed by atoms with Crippen LogP contribution in [0.25, 0.3) is 11.0 Å². The first-order valence-electron chi connectivity index (χ1n) is 8.30. The minimum absolute atomic E-state index is 0.00748. The van der Waals surface area contributed by atoms with Crippen molar-refractivity contribution in [3.63, 3.8) is 0 Å². The standard InChI is InChI=1S/C19H17N3O4/c23-18(25-11-14-10-20-19(24)26-14)17(13-6-2-1-3-7-13)22-12-21-15-8-4-5-9-16(15)22/h1-9,12,14,17H,10-11H2,(H,20,24). The second-order valence-corrected chi connectivity index (χ2v) is 5.99. The van der Waals surface area contributed by atoms with E-state index < -0.39 is 24.2 Å². The number of imidazole rings is 1. The van der Waals surface area contributed by atoms with Crippen LogP contribution in [0, 0.1) is 0 Å². The Labute approximate surface area is 149 Å². The molecule has 1 saturated heterocycles. The number of carbonyl (C=O) groups excluding carboxylic acids is 2. The predicted octanol–water partition coefficient (Wildman–Crippen LogP) is 2.28. The maximum atomic E-state index is 12.9. The summed E-state index contributed by atoms with van der Waals surface area (Å²) in [5.74, 6) is -0.428. The maximum Gasteiger partial charge on any atom is 0.407 e. The van der Waals surface area contributed by atoms with E-state index in [0.717, 1.165) is 16.6 Å². The average molecular weight is 351 g/mol. The number of esters is 1. The summed E-state index contributed by atoms with van der Waals surface area (Å²) in [4.78, 5) is 28.4. The molecule has 7 nitrogen and oxygen atoms in total. The van der Waals surface area contributed by atoms with Gasteiger partial charge in [-0.15, -0.1) is 0 Å². The van der Waals surface area contributed by atoms with Crippen molar-refractivity contribution < 1.29 is 19.1 Å². The topological polar surface area (TPSA) is 82.5 Å². The normalized spacial score (nSPS) is 17.5. The number of rotatable bonds is 5. The van der Waals surface area contributed by atoms with Crippen molar-refractivity contribution in [3.8, 4) is 0 Å². The first-order valence-corrected chi connectivity index (χ1v) is 8.30. The van der Waals surface area contributed by atoms with Crippen LogP contribution < -0.4 is 5.32 Å². The van der Waals surface area contributed by atoms with E-state index in [1.165, 1.54) is 0 Å².